The number of benzene rings is 1. The molecule has 0 bridgehead atoms. The van der Waals surface area contributed by atoms with Gasteiger partial charge in [0.05, 0.1) is 35.4 Å². The fourth-order valence-corrected chi connectivity index (χ4v) is 6.24. The molecule has 5 atom stereocenters. The molecular weight excluding hydrogens is 493 g/mol. The highest BCUT2D eigenvalue weighted by Gasteiger charge is 2.53. The molecular formula is C28H31ClFN5O2. The Hall–Kier alpha value is -2.81. The molecule has 1 amide bonds. The number of rotatable bonds is 5. The molecule has 4 heterocycles. The first-order valence-corrected chi connectivity index (χ1v) is 13.3. The van der Waals surface area contributed by atoms with E-state index < -0.39 is 11.7 Å². The van der Waals surface area contributed by atoms with Crippen molar-refractivity contribution in [3.63, 3.8) is 0 Å². The van der Waals surface area contributed by atoms with Crippen molar-refractivity contribution in [2.75, 3.05) is 49.6 Å². The van der Waals surface area contributed by atoms with Gasteiger partial charge in [-0.15, -0.1) is 0 Å². The second-order valence-electron chi connectivity index (χ2n) is 10.7. The molecule has 194 valence electrons. The molecule has 0 spiro atoms. The maximum atomic E-state index is 14.5. The Morgan fingerprint density at radius 3 is 2.68 bits per heavy atom. The summed E-state index contributed by atoms with van der Waals surface area (Å²) in [4.78, 5) is 26.3. The summed E-state index contributed by atoms with van der Waals surface area (Å²) in [5.74, 6) is 0.760. The molecule has 2 aromatic heterocycles. The Kier molecular flexibility index (Phi) is 6.29. The molecule has 1 saturated carbocycles. The molecule has 37 heavy (non-hydrogen) atoms. The van der Waals surface area contributed by atoms with Gasteiger partial charge < -0.3 is 15.0 Å². The van der Waals surface area contributed by atoms with Gasteiger partial charge in [-0.1, -0.05) is 24.6 Å². The third-order valence-electron chi connectivity index (χ3n) is 8.43. The van der Waals surface area contributed by atoms with E-state index in [1.165, 1.54) is 0 Å². The summed E-state index contributed by atoms with van der Waals surface area (Å²) in [6.07, 6.45) is 2.54. The van der Waals surface area contributed by atoms with Gasteiger partial charge in [-0.3, -0.25) is 14.7 Å². The van der Waals surface area contributed by atoms with Crippen molar-refractivity contribution < 1.29 is 13.9 Å². The fourth-order valence-electron chi connectivity index (χ4n) is 5.95. The zero-order valence-corrected chi connectivity index (χ0v) is 21.8. The molecule has 3 fully saturated rings. The predicted molar refractivity (Wildman–Crippen MR) is 143 cm³/mol. The van der Waals surface area contributed by atoms with E-state index in [4.69, 9.17) is 16.3 Å². The van der Waals surface area contributed by atoms with E-state index in [0.29, 0.717) is 17.4 Å². The number of amides is 1. The molecule has 2 saturated heterocycles. The number of nitrogens with zero attached hydrogens (tertiary/aromatic N) is 4. The summed E-state index contributed by atoms with van der Waals surface area (Å²) in [7, 11) is 0. The third kappa shape index (κ3) is 4.45. The van der Waals surface area contributed by atoms with E-state index in [1.807, 2.05) is 37.3 Å². The van der Waals surface area contributed by atoms with E-state index in [9.17, 15) is 9.18 Å². The second-order valence-corrected chi connectivity index (χ2v) is 11.1. The number of anilines is 2. The van der Waals surface area contributed by atoms with E-state index in [1.54, 1.807) is 12.4 Å². The lowest BCUT2D eigenvalue weighted by molar-refractivity contribution is -0.117. The van der Waals surface area contributed by atoms with E-state index in [2.05, 4.69) is 38.1 Å². The zero-order chi connectivity index (χ0) is 25.7. The van der Waals surface area contributed by atoms with Crippen LogP contribution in [0.25, 0.3) is 10.8 Å². The Labute approximate surface area is 221 Å². The smallest absolute Gasteiger partial charge is 0.229 e. The number of nitrogens with one attached hydrogen (secondary N) is 1. The van der Waals surface area contributed by atoms with Crippen LogP contribution in [0.5, 0.6) is 0 Å². The number of hydrogen-bond donors (Lipinski definition) is 1. The Balaban J connectivity index is 1.16. The number of halogens is 2. The van der Waals surface area contributed by atoms with Crippen LogP contribution in [-0.4, -0.2) is 71.9 Å². The molecule has 9 heteroatoms. The molecule has 3 aromatic rings. The van der Waals surface area contributed by atoms with Gasteiger partial charge in [0.1, 0.15) is 12.0 Å². The Bertz CT molecular complexity index is 1320. The van der Waals surface area contributed by atoms with Gasteiger partial charge in [0.25, 0.3) is 0 Å². The zero-order valence-electron chi connectivity index (χ0n) is 21.0. The van der Waals surface area contributed by atoms with Crippen LogP contribution in [0.3, 0.4) is 0 Å². The van der Waals surface area contributed by atoms with Crippen LogP contribution < -0.4 is 10.2 Å². The van der Waals surface area contributed by atoms with Gasteiger partial charge in [-0.05, 0) is 48.6 Å². The second kappa shape index (κ2) is 9.49. The number of carbonyl (C=O) groups is 1. The number of alkyl halides is 1. The summed E-state index contributed by atoms with van der Waals surface area (Å²) in [6, 6.07) is 11.7. The lowest BCUT2D eigenvalue weighted by Gasteiger charge is -2.44. The maximum absolute atomic E-state index is 14.5. The van der Waals surface area contributed by atoms with Crippen molar-refractivity contribution in [1.29, 1.82) is 0 Å². The molecule has 1 N–H and O–H groups in total. The number of fused-ring (bicyclic) bond motifs is 1. The number of pyridine rings is 2. The standard InChI is InChI=1S/C28H31ClFN5O2/c1-17-25(21-5-3-4-6-31-21)26(17)27(36)33-24-13-18-12-22(20(29)11-19(18)14-32-24)34-7-9-35(10-8-34)28(2)16-37-15-23(28)30/h3-6,11-14,17,23,25-26H,7-10,15-16H2,1-2H3,(H,32,33,36). The van der Waals surface area contributed by atoms with Gasteiger partial charge >= 0.3 is 0 Å². The van der Waals surface area contributed by atoms with E-state index in [-0.39, 0.29) is 30.3 Å². The van der Waals surface area contributed by atoms with Crippen molar-refractivity contribution in [1.82, 2.24) is 14.9 Å². The first-order chi connectivity index (χ1) is 17.8. The molecule has 7 nitrogen and oxygen atoms in total. The van der Waals surface area contributed by atoms with Crippen molar-refractivity contribution in [3.05, 3.63) is 59.5 Å². The molecule has 2 aliphatic heterocycles. The van der Waals surface area contributed by atoms with Crippen LogP contribution in [0.1, 0.15) is 25.5 Å². The molecule has 0 radical (unpaired) electrons. The number of piperazine rings is 1. The predicted octanol–water partition coefficient (Wildman–Crippen LogP) is 4.52. The van der Waals surface area contributed by atoms with Gasteiger partial charge in [0, 0.05) is 55.6 Å². The molecule has 6 rings (SSSR count). The Morgan fingerprint density at radius 2 is 1.97 bits per heavy atom. The molecule has 3 aliphatic rings. The summed E-state index contributed by atoms with van der Waals surface area (Å²) in [6.45, 7) is 7.60. The number of carbonyl (C=O) groups excluding carboxylic acids is 1. The van der Waals surface area contributed by atoms with Crippen molar-refractivity contribution in [2.45, 2.75) is 31.5 Å². The average Bonchev–Trinajstić information content (AvgIpc) is 3.47. The van der Waals surface area contributed by atoms with Crippen molar-refractivity contribution >= 4 is 39.8 Å². The fraction of sp³-hybridized carbons (Fsp3) is 0.464. The highest BCUT2D eigenvalue weighted by Crippen LogP contribution is 2.53. The summed E-state index contributed by atoms with van der Waals surface area (Å²) >= 11 is 6.68. The topological polar surface area (TPSA) is 70.6 Å². The lowest BCUT2D eigenvalue weighted by Crippen LogP contribution is -2.59. The highest BCUT2D eigenvalue weighted by atomic mass is 35.5. The minimum atomic E-state index is -0.970. The van der Waals surface area contributed by atoms with Gasteiger partial charge in [-0.25, -0.2) is 9.37 Å². The lowest BCUT2D eigenvalue weighted by atomic mass is 9.96. The minimum absolute atomic E-state index is 0.0316. The molecule has 1 aliphatic carbocycles. The Morgan fingerprint density at radius 1 is 1.16 bits per heavy atom. The van der Waals surface area contributed by atoms with Crippen molar-refractivity contribution in [3.8, 4) is 0 Å². The van der Waals surface area contributed by atoms with Crippen molar-refractivity contribution in [2.24, 2.45) is 11.8 Å². The normalized spacial score (nSPS) is 30.0. The largest absolute Gasteiger partial charge is 0.376 e. The van der Waals surface area contributed by atoms with Gasteiger partial charge in [0.2, 0.25) is 5.91 Å². The first-order valence-electron chi connectivity index (χ1n) is 12.9. The summed E-state index contributed by atoms with van der Waals surface area (Å²) < 4.78 is 19.9. The quantitative estimate of drug-likeness (QED) is 0.530. The van der Waals surface area contributed by atoms with Crippen LogP contribution in [0.4, 0.5) is 15.9 Å². The minimum Gasteiger partial charge on any atom is -0.376 e. The average molecular weight is 524 g/mol. The van der Waals surface area contributed by atoms with Crippen LogP contribution in [0.15, 0.2) is 48.8 Å². The van der Waals surface area contributed by atoms with Gasteiger partial charge in [-0.2, -0.15) is 0 Å². The van der Waals surface area contributed by atoms with Gasteiger partial charge in [0.15, 0.2) is 0 Å². The summed E-state index contributed by atoms with van der Waals surface area (Å²) in [5.41, 5.74) is 1.33. The van der Waals surface area contributed by atoms with E-state index >= 15 is 0 Å². The highest BCUT2D eigenvalue weighted by molar-refractivity contribution is 6.34. The molecule has 5 unspecified atom stereocenters. The first kappa shape index (κ1) is 24.5. The SMILES string of the molecule is CC1C(C(=O)Nc2cc3cc(N4CCN(C5(C)COCC5F)CC4)c(Cl)cc3cn2)C1c1ccccn1. The third-order valence-corrected chi connectivity index (χ3v) is 8.73. The molecule has 1 aromatic carbocycles. The number of aromatic nitrogens is 2. The van der Waals surface area contributed by atoms with E-state index in [0.717, 1.165) is 48.3 Å². The summed E-state index contributed by atoms with van der Waals surface area (Å²) in [5, 5.41) is 5.53. The van der Waals surface area contributed by atoms with Crippen LogP contribution in [-0.2, 0) is 9.53 Å². The van der Waals surface area contributed by atoms with Crippen LogP contribution in [0.2, 0.25) is 5.02 Å². The maximum Gasteiger partial charge on any atom is 0.229 e. The monoisotopic (exact) mass is 523 g/mol. The number of ether oxygens (including phenoxy) is 1. The van der Waals surface area contributed by atoms with Crippen LogP contribution in [0, 0.1) is 11.8 Å². The number of hydrogen-bond acceptors (Lipinski definition) is 6. The van der Waals surface area contributed by atoms with Crippen LogP contribution >= 0.6 is 11.6 Å².